The molecule has 6 heteroatoms. The van der Waals surface area contributed by atoms with Gasteiger partial charge in [0.25, 0.3) is 5.91 Å². The SMILES string of the molecule is CNC(C)CNC(=O)c1ccc(C(C)=O)s1.Cl. The summed E-state index contributed by atoms with van der Waals surface area (Å²) in [7, 11) is 1.84. The van der Waals surface area contributed by atoms with Gasteiger partial charge < -0.3 is 10.6 Å². The number of hydrogen-bond donors (Lipinski definition) is 2. The van der Waals surface area contributed by atoms with Gasteiger partial charge in [0.05, 0.1) is 9.75 Å². The number of nitrogens with one attached hydrogen (secondary N) is 2. The number of hydrogen-bond acceptors (Lipinski definition) is 4. The fourth-order valence-corrected chi connectivity index (χ4v) is 1.90. The molecule has 1 aromatic rings. The Hall–Kier alpha value is -0.910. The fraction of sp³-hybridized carbons (Fsp3) is 0.455. The van der Waals surface area contributed by atoms with Crippen LogP contribution in [0.5, 0.6) is 0 Å². The van der Waals surface area contributed by atoms with E-state index in [1.807, 2.05) is 14.0 Å². The van der Waals surface area contributed by atoms with E-state index < -0.39 is 0 Å². The topological polar surface area (TPSA) is 58.2 Å². The van der Waals surface area contributed by atoms with Crippen LogP contribution in [0.4, 0.5) is 0 Å². The van der Waals surface area contributed by atoms with Crippen molar-refractivity contribution in [2.75, 3.05) is 13.6 Å². The number of Topliss-reactive ketones (excluding diaryl/α,β-unsaturated/α-hetero) is 1. The highest BCUT2D eigenvalue weighted by Gasteiger charge is 2.11. The van der Waals surface area contributed by atoms with Crippen LogP contribution in [0.15, 0.2) is 12.1 Å². The highest BCUT2D eigenvalue weighted by molar-refractivity contribution is 7.15. The van der Waals surface area contributed by atoms with Gasteiger partial charge in [-0.05, 0) is 33.0 Å². The number of carbonyl (C=O) groups excluding carboxylic acids is 2. The summed E-state index contributed by atoms with van der Waals surface area (Å²) in [6, 6.07) is 3.60. The zero-order valence-electron chi connectivity index (χ0n) is 10.1. The molecular formula is C11H17ClN2O2S. The van der Waals surface area contributed by atoms with Crippen molar-refractivity contribution in [1.82, 2.24) is 10.6 Å². The second kappa shape index (κ2) is 7.42. The maximum atomic E-state index is 11.7. The van der Waals surface area contributed by atoms with E-state index in [9.17, 15) is 9.59 Å². The summed E-state index contributed by atoms with van der Waals surface area (Å²) >= 11 is 1.23. The maximum Gasteiger partial charge on any atom is 0.261 e. The summed E-state index contributed by atoms with van der Waals surface area (Å²) in [6.45, 7) is 4.05. The molecule has 96 valence electrons. The van der Waals surface area contributed by atoms with Crippen LogP contribution in [0.3, 0.4) is 0 Å². The molecule has 1 aromatic heterocycles. The van der Waals surface area contributed by atoms with Crippen molar-refractivity contribution < 1.29 is 9.59 Å². The molecule has 0 fully saturated rings. The Labute approximate surface area is 111 Å². The van der Waals surface area contributed by atoms with Gasteiger partial charge in [-0.15, -0.1) is 23.7 Å². The lowest BCUT2D eigenvalue weighted by molar-refractivity contribution is 0.0954. The number of rotatable bonds is 5. The molecule has 4 nitrogen and oxygen atoms in total. The molecule has 1 unspecified atom stereocenters. The van der Waals surface area contributed by atoms with E-state index in [0.29, 0.717) is 16.3 Å². The predicted octanol–water partition coefficient (Wildman–Crippen LogP) is 1.71. The second-order valence-electron chi connectivity index (χ2n) is 3.62. The smallest absolute Gasteiger partial charge is 0.261 e. The molecule has 17 heavy (non-hydrogen) atoms. The van der Waals surface area contributed by atoms with Gasteiger partial charge in [-0.1, -0.05) is 0 Å². The summed E-state index contributed by atoms with van der Waals surface area (Å²) in [6.07, 6.45) is 0. The Morgan fingerprint density at radius 2 is 1.94 bits per heavy atom. The van der Waals surface area contributed by atoms with E-state index in [-0.39, 0.29) is 30.1 Å². The van der Waals surface area contributed by atoms with Gasteiger partial charge >= 0.3 is 0 Å². The van der Waals surface area contributed by atoms with Crippen molar-refractivity contribution in [3.8, 4) is 0 Å². The van der Waals surface area contributed by atoms with Crippen molar-refractivity contribution in [3.05, 3.63) is 21.9 Å². The first kappa shape index (κ1) is 16.1. The molecule has 0 aliphatic heterocycles. The molecule has 1 atom stereocenters. The Bertz CT molecular complexity index is 393. The van der Waals surface area contributed by atoms with Crippen LogP contribution in [0.1, 0.15) is 33.2 Å². The van der Waals surface area contributed by atoms with Gasteiger partial charge in [0.2, 0.25) is 0 Å². The predicted molar refractivity (Wildman–Crippen MR) is 72.4 cm³/mol. The van der Waals surface area contributed by atoms with E-state index >= 15 is 0 Å². The maximum absolute atomic E-state index is 11.7. The van der Waals surface area contributed by atoms with Crippen LogP contribution in [-0.2, 0) is 0 Å². The third-order valence-electron chi connectivity index (χ3n) is 2.24. The summed E-state index contributed by atoms with van der Waals surface area (Å²) in [4.78, 5) is 23.9. The summed E-state index contributed by atoms with van der Waals surface area (Å²) in [5, 5.41) is 5.83. The van der Waals surface area contributed by atoms with Crippen molar-refractivity contribution >= 4 is 35.4 Å². The number of ketones is 1. The van der Waals surface area contributed by atoms with Gasteiger partial charge in [0, 0.05) is 12.6 Å². The molecule has 0 saturated heterocycles. The van der Waals surface area contributed by atoms with E-state index in [1.54, 1.807) is 12.1 Å². The van der Waals surface area contributed by atoms with Crippen LogP contribution in [0.2, 0.25) is 0 Å². The van der Waals surface area contributed by atoms with Crippen LogP contribution >= 0.6 is 23.7 Å². The number of thiophene rings is 1. The minimum Gasteiger partial charge on any atom is -0.350 e. The lowest BCUT2D eigenvalue weighted by Crippen LogP contribution is -2.36. The normalized spacial score (nSPS) is 11.5. The molecule has 0 aliphatic rings. The van der Waals surface area contributed by atoms with Gasteiger partial charge in [-0.25, -0.2) is 0 Å². The van der Waals surface area contributed by atoms with E-state index in [0.717, 1.165) is 0 Å². The average molecular weight is 277 g/mol. The first-order valence-corrected chi connectivity index (χ1v) is 5.92. The van der Waals surface area contributed by atoms with Crippen molar-refractivity contribution in [2.24, 2.45) is 0 Å². The lowest BCUT2D eigenvalue weighted by atomic mass is 10.3. The summed E-state index contributed by atoms with van der Waals surface area (Å²) in [5.41, 5.74) is 0. The molecule has 0 spiro atoms. The second-order valence-corrected chi connectivity index (χ2v) is 4.70. The van der Waals surface area contributed by atoms with Crippen molar-refractivity contribution in [2.45, 2.75) is 19.9 Å². The summed E-state index contributed by atoms with van der Waals surface area (Å²) < 4.78 is 0. The van der Waals surface area contributed by atoms with Crippen molar-refractivity contribution in [1.29, 1.82) is 0 Å². The molecule has 0 aliphatic carbocycles. The van der Waals surface area contributed by atoms with E-state index in [4.69, 9.17) is 0 Å². The monoisotopic (exact) mass is 276 g/mol. The van der Waals surface area contributed by atoms with Crippen LogP contribution in [0.25, 0.3) is 0 Å². The number of carbonyl (C=O) groups is 2. The zero-order valence-corrected chi connectivity index (χ0v) is 11.7. The molecular weight excluding hydrogens is 260 g/mol. The average Bonchev–Trinajstić information content (AvgIpc) is 2.74. The molecule has 2 N–H and O–H groups in total. The Kier molecular flexibility index (Phi) is 7.03. The summed E-state index contributed by atoms with van der Waals surface area (Å²) in [5.74, 6) is -0.132. The highest BCUT2D eigenvalue weighted by Crippen LogP contribution is 2.16. The minimum absolute atomic E-state index is 0. The van der Waals surface area contributed by atoms with E-state index in [1.165, 1.54) is 18.3 Å². The van der Waals surface area contributed by atoms with Crippen LogP contribution in [-0.4, -0.2) is 31.3 Å². The molecule has 1 amide bonds. The molecule has 0 saturated carbocycles. The first-order valence-electron chi connectivity index (χ1n) is 5.11. The largest absolute Gasteiger partial charge is 0.350 e. The third-order valence-corrected chi connectivity index (χ3v) is 3.42. The van der Waals surface area contributed by atoms with Gasteiger partial charge in [0.1, 0.15) is 0 Å². The molecule has 0 aromatic carbocycles. The Balaban J connectivity index is 0.00000256. The van der Waals surface area contributed by atoms with Crippen LogP contribution < -0.4 is 10.6 Å². The van der Waals surface area contributed by atoms with Gasteiger partial charge in [-0.2, -0.15) is 0 Å². The molecule has 1 rings (SSSR count). The highest BCUT2D eigenvalue weighted by atomic mass is 35.5. The molecule has 1 heterocycles. The van der Waals surface area contributed by atoms with Gasteiger partial charge in [0.15, 0.2) is 5.78 Å². The van der Waals surface area contributed by atoms with Crippen LogP contribution in [0, 0.1) is 0 Å². The minimum atomic E-state index is -0.125. The quantitative estimate of drug-likeness (QED) is 0.805. The number of halogens is 1. The Morgan fingerprint density at radius 1 is 1.35 bits per heavy atom. The molecule has 0 bridgehead atoms. The standard InChI is InChI=1S/C11H16N2O2S.ClH/c1-7(12-3)6-13-11(15)10-5-4-9(16-10)8(2)14;/h4-5,7,12H,6H2,1-3H3,(H,13,15);1H. The van der Waals surface area contributed by atoms with E-state index in [2.05, 4.69) is 10.6 Å². The third kappa shape index (κ3) is 4.85. The zero-order chi connectivity index (χ0) is 12.1. The Morgan fingerprint density at radius 3 is 2.41 bits per heavy atom. The number of likely N-dealkylation sites (N-methyl/N-ethyl adjacent to an activating group) is 1. The molecule has 0 radical (unpaired) electrons. The first-order chi connectivity index (χ1) is 7.54. The number of amides is 1. The van der Waals surface area contributed by atoms with Gasteiger partial charge in [-0.3, -0.25) is 9.59 Å². The fourth-order valence-electron chi connectivity index (χ4n) is 1.08. The lowest BCUT2D eigenvalue weighted by Gasteiger charge is -2.10. The van der Waals surface area contributed by atoms with Crippen molar-refractivity contribution in [3.63, 3.8) is 0 Å².